The van der Waals surface area contributed by atoms with E-state index in [4.69, 9.17) is 0 Å². The first-order chi connectivity index (χ1) is 8.84. The number of nitrogens with zero attached hydrogens (tertiary/aromatic N) is 1. The van der Waals surface area contributed by atoms with Gasteiger partial charge in [0.1, 0.15) is 16.5 Å². The zero-order valence-corrected chi connectivity index (χ0v) is 12.6. The maximum Gasteiger partial charge on any atom is 0.247 e. The van der Waals surface area contributed by atoms with Crippen LogP contribution in [0.5, 0.6) is 0 Å². The Labute approximate surface area is 119 Å². The van der Waals surface area contributed by atoms with Crippen molar-refractivity contribution in [2.24, 2.45) is 0 Å². The van der Waals surface area contributed by atoms with Gasteiger partial charge in [-0.05, 0) is 28.9 Å². The van der Waals surface area contributed by atoms with E-state index in [2.05, 4.69) is 21.2 Å². The van der Waals surface area contributed by atoms with Crippen LogP contribution in [-0.4, -0.2) is 38.4 Å². The lowest BCUT2D eigenvalue weighted by atomic mass is 10.3. The van der Waals surface area contributed by atoms with Crippen molar-refractivity contribution in [3.05, 3.63) is 28.2 Å². The summed E-state index contributed by atoms with van der Waals surface area (Å²) >= 11 is 2.92. The van der Waals surface area contributed by atoms with Crippen LogP contribution in [0.2, 0.25) is 0 Å². The second-order valence-corrected chi connectivity index (χ2v) is 7.05. The van der Waals surface area contributed by atoms with Crippen molar-refractivity contribution < 1.29 is 17.2 Å². The van der Waals surface area contributed by atoms with Gasteiger partial charge in [-0.25, -0.2) is 17.2 Å². The number of hydrogen-bond acceptors (Lipinski definition) is 3. The summed E-state index contributed by atoms with van der Waals surface area (Å²) in [5, 5.41) is 3.05. The topological polar surface area (TPSA) is 49.4 Å². The maximum absolute atomic E-state index is 13.8. The van der Waals surface area contributed by atoms with Gasteiger partial charge < -0.3 is 5.32 Å². The Hall–Kier alpha value is -0.570. The van der Waals surface area contributed by atoms with Gasteiger partial charge in [-0.2, -0.15) is 4.31 Å². The number of sulfonamides is 1. The number of rotatable bonds is 2. The molecule has 0 bridgehead atoms. The molecule has 0 unspecified atom stereocenters. The van der Waals surface area contributed by atoms with Gasteiger partial charge in [0.25, 0.3) is 0 Å². The summed E-state index contributed by atoms with van der Waals surface area (Å²) in [7, 11) is -3.98. The minimum atomic E-state index is -3.98. The molecule has 0 amide bonds. The van der Waals surface area contributed by atoms with Gasteiger partial charge in [0.2, 0.25) is 10.0 Å². The fraction of sp³-hybridized carbons (Fsp3) is 0.455. The number of nitrogens with one attached hydrogen (secondary N) is 1. The van der Waals surface area contributed by atoms with Crippen molar-refractivity contribution in [3.63, 3.8) is 0 Å². The second kappa shape index (κ2) is 5.43. The second-order valence-electron chi connectivity index (χ2n) is 4.37. The van der Waals surface area contributed by atoms with E-state index in [-0.39, 0.29) is 17.1 Å². The van der Waals surface area contributed by atoms with Crippen LogP contribution in [0.1, 0.15) is 6.92 Å². The Bertz CT molecular complexity index is 571. The average molecular weight is 355 g/mol. The fourth-order valence-corrected chi connectivity index (χ4v) is 4.82. The molecule has 1 N–H and O–H groups in total. The van der Waals surface area contributed by atoms with E-state index in [0.29, 0.717) is 19.2 Å². The number of hydrogen-bond donors (Lipinski definition) is 1. The SMILES string of the molecule is C[C@@H]1CNCCN1S(=O)(=O)c1c(F)cc(F)cc1Br. The minimum absolute atomic E-state index is 0.101. The molecular weight excluding hydrogens is 342 g/mol. The zero-order chi connectivity index (χ0) is 14.2. The van der Waals surface area contributed by atoms with Crippen LogP contribution >= 0.6 is 15.9 Å². The van der Waals surface area contributed by atoms with Crippen LogP contribution in [0.25, 0.3) is 0 Å². The first kappa shape index (κ1) is 14.8. The molecule has 1 atom stereocenters. The summed E-state index contributed by atoms with van der Waals surface area (Å²) in [5.41, 5.74) is 0. The summed E-state index contributed by atoms with van der Waals surface area (Å²) in [6.45, 7) is 3.00. The van der Waals surface area contributed by atoms with E-state index in [1.807, 2.05) is 0 Å². The highest BCUT2D eigenvalue weighted by Gasteiger charge is 2.34. The van der Waals surface area contributed by atoms with Gasteiger partial charge in [-0.1, -0.05) is 0 Å². The van der Waals surface area contributed by atoms with Gasteiger partial charge in [0.05, 0.1) is 0 Å². The molecule has 106 valence electrons. The molecule has 1 fully saturated rings. The zero-order valence-electron chi connectivity index (χ0n) is 10.2. The quantitative estimate of drug-likeness (QED) is 0.879. The predicted octanol–water partition coefficient (Wildman–Crippen LogP) is 1.71. The fourth-order valence-electron chi connectivity index (χ4n) is 2.07. The molecule has 1 aliphatic heterocycles. The van der Waals surface area contributed by atoms with Gasteiger partial charge in [0, 0.05) is 36.2 Å². The van der Waals surface area contributed by atoms with E-state index in [0.717, 1.165) is 6.07 Å². The summed E-state index contributed by atoms with van der Waals surface area (Å²) in [6, 6.07) is 1.24. The standard InChI is InChI=1S/C11H13BrF2N2O2S/c1-7-6-15-2-3-16(7)19(17,18)11-9(12)4-8(13)5-10(11)14/h4-5,7,15H,2-3,6H2,1H3/t7-/m1/s1. The Morgan fingerprint density at radius 2 is 2.11 bits per heavy atom. The molecule has 19 heavy (non-hydrogen) atoms. The van der Waals surface area contributed by atoms with Crippen molar-refractivity contribution in [1.82, 2.24) is 9.62 Å². The highest BCUT2D eigenvalue weighted by molar-refractivity contribution is 9.10. The van der Waals surface area contributed by atoms with Gasteiger partial charge in [0.15, 0.2) is 0 Å². The summed E-state index contributed by atoms with van der Waals surface area (Å²) in [4.78, 5) is -0.511. The van der Waals surface area contributed by atoms with Crippen molar-refractivity contribution in [1.29, 1.82) is 0 Å². The third-order valence-electron chi connectivity index (χ3n) is 2.97. The molecule has 1 heterocycles. The molecule has 0 saturated carbocycles. The number of benzene rings is 1. The smallest absolute Gasteiger partial charge is 0.247 e. The van der Waals surface area contributed by atoms with Crippen LogP contribution in [0, 0.1) is 11.6 Å². The lowest BCUT2D eigenvalue weighted by Crippen LogP contribution is -2.52. The summed E-state index contributed by atoms with van der Waals surface area (Å²) in [6.07, 6.45) is 0. The molecule has 1 aromatic rings. The third-order valence-corrected chi connectivity index (χ3v) is 5.95. The van der Waals surface area contributed by atoms with E-state index in [1.165, 1.54) is 4.31 Å². The Morgan fingerprint density at radius 3 is 2.68 bits per heavy atom. The molecule has 0 aromatic heterocycles. The highest BCUT2D eigenvalue weighted by atomic mass is 79.9. The van der Waals surface area contributed by atoms with Crippen LogP contribution in [0.3, 0.4) is 0 Å². The lowest BCUT2D eigenvalue weighted by molar-refractivity contribution is 0.282. The first-order valence-electron chi connectivity index (χ1n) is 5.71. The molecule has 0 radical (unpaired) electrons. The Balaban J connectivity index is 2.50. The first-order valence-corrected chi connectivity index (χ1v) is 7.94. The average Bonchev–Trinajstić information content (AvgIpc) is 2.27. The van der Waals surface area contributed by atoms with E-state index in [1.54, 1.807) is 6.92 Å². The van der Waals surface area contributed by atoms with Gasteiger partial charge in [-0.15, -0.1) is 0 Å². The van der Waals surface area contributed by atoms with E-state index >= 15 is 0 Å². The van der Waals surface area contributed by atoms with Crippen LogP contribution in [0.15, 0.2) is 21.5 Å². The molecule has 0 spiro atoms. The largest absolute Gasteiger partial charge is 0.314 e. The Kier molecular flexibility index (Phi) is 4.24. The lowest BCUT2D eigenvalue weighted by Gasteiger charge is -2.33. The van der Waals surface area contributed by atoms with Crippen LogP contribution < -0.4 is 5.32 Å². The molecule has 8 heteroatoms. The monoisotopic (exact) mass is 354 g/mol. The molecule has 1 aliphatic rings. The van der Waals surface area contributed by atoms with E-state index < -0.39 is 26.6 Å². The van der Waals surface area contributed by atoms with Crippen molar-refractivity contribution >= 4 is 26.0 Å². The van der Waals surface area contributed by atoms with Crippen LogP contribution in [-0.2, 0) is 10.0 Å². The molecule has 1 saturated heterocycles. The summed E-state index contributed by atoms with van der Waals surface area (Å²) < 4.78 is 52.9. The summed E-state index contributed by atoms with van der Waals surface area (Å²) in [5.74, 6) is -1.91. The predicted molar refractivity (Wildman–Crippen MR) is 70.3 cm³/mol. The normalized spacial score (nSPS) is 21.6. The number of piperazine rings is 1. The van der Waals surface area contributed by atoms with Gasteiger partial charge in [-0.3, -0.25) is 0 Å². The van der Waals surface area contributed by atoms with Crippen molar-refractivity contribution in [3.8, 4) is 0 Å². The minimum Gasteiger partial charge on any atom is -0.314 e. The molecule has 1 aromatic carbocycles. The molecule has 4 nitrogen and oxygen atoms in total. The molecule has 0 aliphatic carbocycles. The third kappa shape index (κ3) is 2.81. The van der Waals surface area contributed by atoms with E-state index in [9.17, 15) is 17.2 Å². The highest BCUT2D eigenvalue weighted by Crippen LogP contribution is 2.30. The maximum atomic E-state index is 13.8. The van der Waals surface area contributed by atoms with Crippen molar-refractivity contribution in [2.75, 3.05) is 19.6 Å². The van der Waals surface area contributed by atoms with Gasteiger partial charge >= 0.3 is 0 Å². The van der Waals surface area contributed by atoms with Crippen molar-refractivity contribution in [2.45, 2.75) is 17.9 Å². The molecule has 2 rings (SSSR count). The van der Waals surface area contributed by atoms with Crippen LogP contribution in [0.4, 0.5) is 8.78 Å². The number of halogens is 3. The Morgan fingerprint density at radius 1 is 1.42 bits per heavy atom. The molecular formula is C11H13BrF2N2O2S.